The van der Waals surface area contributed by atoms with Crippen molar-refractivity contribution in [2.75, 3.05) is 24.3 Å². The second-order valence-corrected chi connectivity index (χ2v) is 5.29. The van der Waals surface area contributed by atoms with Crippen molar-refractivity contribution >= 4 is 33.2 Å². The number of benzene rings is 2. The second-order valence-electron chi connectivity index (χ2n) is 4.73. The molecule has 0 fully saturated rings. The van der Waals surface area contributed by atoms with Gasteiger partial charge in [0.1, 0.15) is 0 Å². The first-order valence-electron chi connectivity index (χ1n) is 6.34. The summed E-state index contributed by atoms with van der Waals surface area (Å²) < 4.78 is 0. The first-order chi connectivity index (χ1) is 9.60. The van der Waals surface area contributed by atoms with Crippen LogP contribution in [0.25, 0.3) is 0 Å². The number of hydrogen-bond acceptors (Lipinski definition) is 2. The third-order valence-corrected chi connectivity index (χ3v) is 3.61. The molecule has 3 nitrogen and oxygen atoms in total. The third kappa shape index (κ3) is 3.61. The average molecular weight is 333 g/mol. The molecule has 4 heteroatoms. The summed E-state index contributed by atoms with van der Waals surface area (Å²) in [6, 6.07) is 15.4. The summed E-state index contributed by atoms with van der Waals surface area (Å²) in [7, 11) is 3.95. The van der Waals surface area contributed by atoms with Crippen molar-refractivity contribution in [3.05, 3.63) is 59.7 Å². The first-order valence-corrected chi connectivity index (χ1v) is 7.46. The molecule has 0 aromatic heterocycles. The molecule has 0 aliphatic carbocycles. The van der Waals surface area contributed by atoms with Gasteiger partial charge in [-0.1, -0.05) is 34.1 Å². The molecule has 0 spiro atoms. The minimum Gasteiger partial charge on any atom is -0.378 e. The molecule has 2 rings (SSSR count). The van der Waals surface area contributed by atoms with E-state index in [1.54, 1.807) is 0 Å². The van der Waals surface area contributed by atoms with Crippen molar-refractivity contribution in [3.8, 4) is 0 Å². The van der Waals surface area contributed by atoms with Crippen LogP contribution in [-0.4, -0.2) is 20.0 Å². The number of carbonyl (C=O) groups is 1. The predicted molar refractivity (Wildman–Crippen MR) is 87.8 cm³/mol. The number of alkyl halides is 1. The van der Waals surface area contributed by atoms with Crippen molar-refractivity contribution in [3.63, 3.8) is 0 Å². The summed E-state index contributed by atoms with van der Waals surface area (Å²) in [5.41, 5.74) is 3.60. The van der Waals surface area contributed by atoms with Crippen LogP contribution in [0.1, 0.15) is 15.9 Å². The fourth-order valence-corrected chi connectivity index (χ4v) is 2.21. The van der Waals surface area contributed by atoms with Gasteiger partial charge in [-0.2, -0.15) is 0 Å². The van der Waals surface area contributed by atoms with Gasteiger partial charge in [-0.3, -0.25) is 4.79 Å². The molecule has 104 valence electrons. The van der Waals surface area contributed by atoms with Crippen molar-refractivity contribution in [1.29, 1.82) is 0 Å². The predicted octanol–water partition coefficient (Wildman–Crippen LogP) is 3.90. The molecular weight excluding hydrogens is 316 g/mol. The number of carbonyl (C=O) groups excluding carboxylic acids is 1. The van der Waals surface area contributed by atoms with Crippen LogP contribution in [-0.2, 0) is 5.33 Å². The summed E-state index contributed by atoms with van der Waals surface area (Å²) in [5.74, 6) is -0.0938. The van der Waals surface area contributed by atoms with E-state index < -0.39 is 0 Å². The molecule has 0 bridgehead atoms. The molecule has 2 aromatic carbocycles. The monoisotopic (exact) mass is 332 g/mol. The summed E-state index contributed by atoms with van der Waals surface area (Å²) in [4.78, 5) is 14.2. The van der Waals surface area contributed by atoms with E-state index >= 15 is 0 Å². The van der Waals surface area contributed by atoms with Gasteiger partial charge in [0.25, 0.3) is 5.91 Å². The number of nitrogens with one attached hydrogen (secondary N) is 1. The topological polar surface area (TPSA) is 32.3 Å². The van der Waals surface area contributed by atoms with E-state index in [0.29, 0.717) is 5.56 Å². The van der Waals surface area contributed by atoms with E-state index in [2.05, 4.69) is 21.2 Å². The Morgan fingerprint density at radius 2 is 1.90 bits per heavy atom. The van der Waals surface area contributed by atoms with Crippen LogP contribution in [0.3, 0.4) is 0 Å². The summed E-state index contributed by atoms with van der Waals surface area (Å²) in [6.07, 6.45) is 0. The molecule has 1 amide bonds. The van der Waals surface area contributed by atoms with Crippen molar-refractivity contribution in [2.45, 2.75) is 5.33 Å². The van der Waals surface area contributed by atoms with Gasteiger partial charge in [0.2, 0.25) is 0 Å². The minimum atomic E-state index is -0.0938. The highest BCUT2D eigenvalue weighted by atomic mass is 79.9. The largest absolute Gasteiger partial charge is 0.378 e. The maximum absolute atomic E-state index is 12.2. The zero-order chi connectivity index (χ0) is 14.5. The number of amides is 1. The van der Waals surface area contributed by atoms with E-state index in [1.165, 1.54) is 0 Å². The fourth-order valence-electron chi connectivity index (χ4n) is 1.86. The van der Waals surface area contributed by atoms with Gasteiger partial charge in [-0.15, -0.1) is 0 Å². The molecule has 0 saturated heterocycles. The van der Waals surface area contributed by atoms with Gasteiger partial charge in [0, 0.05) is 36.4 Å². The number of hydrogen-bond donors (Lipinski definition) is 1. The number of rotatable bonds is 4. The molecule has 2 aromatic rings. The maximum Gasteiger partial charge on any atom is 0.255 e. The lowest BCUT2D eigenvalue weighted by Gasteiger charge is -2.14. The fraction of sp³-hybridized carbons (Fsp3) is 0.188. The zero-order valence-corrected chi connectivity index (χ0v) is 13.1. The number of nitrogens with zero attached hydrogens (tertiary/aromatic N) is 1. The van der Waals surface area contributed by atoms with E-state index in [1.807, 2.05) is 67.5 Å². The number of anilines is 2. The van der Waals surface area contributed by atoms with E-state index in [4.69, 9.17) is 0 Å². The van der Waals surface area contributed by atoms with Crippen LogP contribution in [0, 0.1) is 0 Å². The molecule has 0 heterocycles. The second kappa shape index (κ2) is 6.57. The van der Waals surface area contributed by atoms with Crippen LogP contribution >= 0.6 is 15.9 Å². The van der Waals surface area contributed by atoms with Crippen molar-refractivity contribution in [2.24, 2.45) is 0 Å². The Labute approximate surface area is 127 Å². The molecule has 0 aliphatic rings. The van der Waals surface area contributed by atoms with Crippen molar-refractivity contribution < 1.29 is 4.79 Å². The van der Waals surface area contributed by atoms with Crippen molar-refractivity contribution in [1.82, 2.24) is 0 Å². The highest BCUT2D eigenvalue weighted by Gasteiger charge is 2.07. The molecule has 0 radical (unpaired) electrons. The smallest absolute Gasteiger partial charge is 0.255 e. The molecule has 0 unspecified atom stereocenters. The van der Waals surface area contributed by atoms with Gasteiger partial charge in [-0.25, -0.2) is 0 Å². The zero-order valence-electron chi connectivity index (χ0n) is 11.6. The Bertz CT molecular complexity index is 611. The Morgan fingerprint density at radius 3 is 2.60 bits per heavy atom. The van der Waals surface area contributed by atoms with Crippen LogP contribution in [0.2, 0.25) is 0 Å². The Hall–Kier alpha value is -1.81. The standard InChI is InChI=1S/C16H17BrN2O/c1-19(2)15-8-4-7-14(10-15)18-16(20)13-6-3-5-12(9-13)11-17/h3-10H,11H2,1-2H3,(H,18,20). The average Bonchev–Trinajstić information content (AvgIpc) is 2.47. The quantitative estimate of drug-likeness (QED) is 0.861. The summed E-state index contributed by atoms with van der Waals surface area (Å²) in [5, 5.41) is 3.66. The highest BCUT2D eigenvalue weighted by molar-refractivity contribution is 9.08. The number of halogens is 1. The SMILES string of the molecule is CN(C)c1cccc(NC(=O)c2cccc(CBr)c2)c1. The first kappa shape index (κ1) is 14.6. The minimum absolute atomic E-state index is 0.0938. The Kier molecular flexibility index (Phi) is 4.79. The third-order valence-electron chi connectivity index (χ3n) is 2.96. The van der Waals surface area contributed by atoms with Crippen LogP contribution in [0.4, 0.5) is 11.4 Å². The van der Waals surface area contributed by atoms with Gasteiger partial charge in [-0.05, 0) is 35.9 Å². The lowest BCUT2D eigenvalue weighted by Crippen LogP contribution is -2.13. The Morgan fingerprint density at radius 1 is 1.15 bits per heavy atom. The van der Waals surface area contributed by atoms with Crippen LogP contribution in [0.15, 0.2) is 48.5 Å². The Balaban J connectivity index is 2.16. The lowest BCUT2D eigenvalue weighted by molar-refractivity contribution is 0.102. The van der Waals surface area contributed by atoms with Gasteiger partial charge in [0.05, 0.1) is 0 Å². The van der Waals surface area contributed by atoms with Gasteiger partial charge >= 0.3 is 0 Å². The summed E-state index contributed by atoms with van der Waals surface area (Å²) in [6.45, 7) is 0. The van der Waals surface area contributed by atoms with E-state index in [0.717, 1.165) is 22.3 Å². The molecule has 1 N–H and O–H groups in total. The van der Waals surface area contributed by atoms with Gasteiger partial charge < -0.3 is 10.2 Å². The van der Waals surface area contributed by atoms with E-state index in [9.17, 15) is 4.79 Å². The van der Waals surface area contributed by atoms with Crippen LogP contribution < -0.4 is 10.2 Å². The molecule has 0 saturated carbocycles. The highest BCUT2D eigenvalue weighted by Crippen LogP contribution is 2.18. The normalized spacial score (nSPS) is 10.2. The molecule has 0 aliphatic heterocycles. The molecule has 0 atom stereocenters. The molecular formula is C16H17BrN2O. The van der Waals surface area contributed by atoms with Gasteiger partial charge in [0.15, 0.2) is 0 Å². The van der Waals surface area contributed by atoms with E-state index in [-0.39, 0.29) is 5.91 Å². The summed E-state index contributed by atoms with van der Waals surface area (Å²) >= 11 is 3.40. The lowest BCUT2D eigenvalue weighted by atomic mass is 10.1. The molecule has 20 heavy (non-hydrogen) atoms. The van der Waals surface area contributed by atoms with Crippen LogP contribution in [0.5, 0.6) is 0 Å². The maximum atomic E-state index is 12.2.